The van der Waals surface area contributed by atoms with Crippen LogP contribution in [0, 0.1) is 6.92 Å². The van der Waals surface area contributed by atoms with Gasteiger partial charge in [0.1, 0.15) is 5.76 Å². The van der Waals surface area contributed by atoms with Gasteiger partial charge >= 0.3 is 0 Å². The molecule has 2 aromatic rings. The fraction of sp³-hybridized carbons (Fsp3) is 0.308. The predicted octanol–water partition coefficient (Wildman–Crippen LogP) is 2.83. The summed E-state index contributed by atoms with van der Waals surface area (Å²) in [5.74, 6) is 0.951. The Kier molecular flexibility index (Phi) is 3.37. The first-order valence-corrected chi connectivity index (χ1v) is 5.44. The molecule has 0 radical (unpaired) electrons. The van der Waals surface area contributed by atoms with E-state index >= 15 is 0 Å². The van der Waals surface area contributed by atoms with Crippen molar-refractivity contribution in [1.29, 1.82) is 0 Å². The fourth-order valence-corrected chi connectivity index (χ4v) is 1.50. The second-order valence-corrected chi connectivity index (χ2v) is 3.94. The molecule has 1 N–H and O–H groups in total. The second kappa shape index (κ2) is 4.94. The molecule has 2 heterocycles. The van der Waals surface area contributed by atoms with Crippen LogP contribution in [0.15, 0.2) is 41.1 Å². The third-order valence-electron chi connectivity index (χ3n) is 2.53. The van der Waals surface area contributed by atoms with E-state index in [0.717, 1.165) is 18.0 Å². The molecule has 16 heavy (non-hydrogen) atoms. The summed E-state index contributed by atoms with van der Waals surface area (Å²) in [6, 6.07) is 8.19. The number of furan rings is 1. The third-order valence-corrected chi connectivity index (χ3v) is 2.53. The van der Waals surface area contributed by atoms with Crippen LogP contribution in [0.1, 0.15) is 30.0 Å². The maximum absolute atomic E-state index is 5.32. The topological polar surface area (TPSA) is 38.1 Å². The number of hydrogen-bond acceptors (Lipinski definition) is 3. The van der Waals surface area contributed by atoms with Crippen LogP contribution in [0.2, 0.25) is 0 Å². The Morgan fingerprint density at radius 3 is 2.88 bits per heavy atom. The molecule has 3 heteroatoms. The molecule has 84 valence electrons. The highest BCUT2D eigenvalue weighted by molar-refractivity contribution is 5.12. The van der Waals surface area contributed by atoms with Gasteiger partial charge in [0, 0.05) is 12.7 Å². The largest absolute Gasteiger partial charge is 0.468 e. The lowest BCUT2D eigenvalue weighted by Gasteiger charge is -2.10. The van der Waals surface area contributed by atoms with Gasteiger partial charge in [-0.3, -0.25) is 4.98 Å². The number of pyridine rings is 1. The summed E-state index contributed by atoms with van der Waals surface area (Å²) in [5.41, 5.74) is 2.23. The minimum absolute atomic E-state index is 0.207. The van der Waals surface area contributed by atoms with Crippen molar-refractivity contribution in [3.63, 3.8) is 0 Å². The lowest BCUT2D eigenvalue weighted by Crippen LogP contribution is -2.18. The Bertz CT molecular complexity index is 420. The molecule has 1 atom stereocenters. The summed E-state index contributed by atoms with van der Waals surface area (Å²) in [6.07, 6.45) is 3.58. The van der Waals surface area contributed by atoms with Gasteiger partial charge in [-0.1, -0.05) is 6.07 Å². The standard InChI is InChI=1S/C13H16N2O/c1-10-5-6-12(15-8-10)9-14-11(2)13-4-3-7-16-13/h3-8,11,14H,9H2,1-2H3/t11-/m0/s1. The summed E-state index contributed by atoms with van der Waals surface area (Å²) in [7, 11) is 0. The van der Waals surface area contributed by atoms with Crippen LogP contribution < -0.4 is 5.32 Å². The molecular formula is C13H16N2O. The average molecular weight is 216 g/mol. The third kappa shape index (κ3) is 2.70. The van der Waals surface area contributed by atoms with Gasteiger partial charge in [-0.05, 0) is 37.6 Å². The zero-order chi connectivity index (χ0) is 11.4. The van der Waals surface area contributed by atoms with Crippen molar-refractivity contribution in [3.05, 3.63) is 53.7 Å². The molecule has 2 aromatic heterocycles. The van der Waals surface area contributed by atoms with Gasteiger partial charge in [-0.15, -0.1) is 0 Å². The zero-order valence-corrected chi connectivity index (χ0v) is 9.60. The van der Waals surface area contributed by atoms with E-state index in [1.54, 1.807) is 6.26 Å². The van der Waals surface area contributed by atoms with Crippen molar-refractivity contribution in [2.75, 3.05) is 0 Å². The van der Waals surface area contributed by atoms with Crippen molar-refractivity contribution >= 4 is 0 Å². The van der Waals surface area contributed by atoms with Gasteiger partial charge in [0.05, 0.1) is 18.0 Å². The van der Waals surface area contributed by atoms with Crippen LogP contribution in [0.25, 0.3) is 0 Å². The van der Waals surface area contributed by atoms with Crippen LogP contribution >= 0.6 is 0 Å². The smallest absolute Gasteiger partial charge is 0.120 e. The molecule has 0 fully saturated rings. The first-order valence-electron chi connectivity index (χ1n) is 5.44. The first-order chi connectivity index (χ1) is 7.75. The summed E-state index contributed by atoms with van der Waals surface area (Å²) < 4.78 is 5.32. The van der Waals surface area contributed by atoms with E-state index in [0.29, 0.717) is 0 Å². The minimum atomic E-state index is 0.207. The Hall–Kier alpha value is -1.61. The van der Waals surface area contributed by atoms with Gasteiger partial charge in [-0.25, -0.2) is 0 Å². The molecule has 3 nitrogen and oxygen atoms in total. The van der Waals surface area contributed by atoms with Crippen molar-refractivity contribution in [3.8, 4) is 0 Å². The van der Waals surface area contributed by atoms with Gasteiger partial charge in [0.2, 0.25) is 0 Å². The minimum Gasteiger partial charge on any atom is -0.468 e. The molecule has 0 spiro atoms. The van der Waals surface area contributed by atoms with Gasteiger partial charge < -0.3 is 9.73 Å². The average Bonchev–Trinajstić information content (AvgIpc) is 2.81. The van der Waals surface area contributed by atoms with E-state index in [1.165, 1.54) is 5.56 Å². The molecule has 0 aliphatic rings. The van der Waals surface area contributed by atoms with Crippen molar-refractivity contribution < 1.29 is 4.42 Å². The lowest BCUT2D eigenvalue weighted by molar-refractivity contribution is 0.429. The van der Waals surface area contributed by atoms with Crippen LogP contribution in [-0.4, -0.2) is 4.98 Å². The van der Waals surface area contributed by atoms with Crippen LogP contribution in [0.5, 0.6) is 0 Å². The molecule has 0 saturated carbocycles. The maximum atomic E-state index is 5.32. The van der Waals surface area contributed by atoms with Gasteiger partial charge in [0.15, 0.2) is 0 Å². The number of hydrogen-bond donors (Lipinski definition) is 1. The summed E-state index contributed by atoms with van der Waals surface area (Å²) in [4.78, 5) is 4.34. The Morgan fingerprint density at radius 2 is 2.25 bits per heavy atom. The van der Waals surface area contributed by atoms with Crippen molar-refractivity contribution in [2.24, 2.45) is 0 Å². The van der Waals surface area contributed by atoms with E-state index < -0.39 is 0 Å². The lowest BCUT2D eigenvalue weighted by atomic mass is 10.2. The monoisotopic (exact) mass is 216 g/mol. The molecule has 0 saturated heterocycles. The van der Waals surface area contributed by atoms with E-state index in [-0.39, 0.29) is 6.04 Å². The normalized spacial score (nSPS) is 12.6. The Morgan fingerprint density at radius 1 is 1.38 bits per heavy atom. The molecule has 2 rings (SSSR count). The Labute approximate surface area is 95.5 Å². The summed E-state index contributed by atoms with van der Waals surface area (Å²) in [6.45, 7) is 4.87. The number of nitrogens with zero attached hydrogens (tertiary/aromatic N) is 1. The highest BCUT2D eigenvalue weighted by Gasteiger charge is 2.07. The SMILES string of the molecule is Cc1ccc(CN[C@@H](C)c2ccco2)nc1. The van der Waals surface area contributed by atoms with Crippen LogP contribution in [-0.2, 0) is 6.54 Å². The Balaban J connectivity index is 1.90. The molecule has 0 unspecified atom stereocenters. The van der Waals surface area contributed by atoms with Crippen molar-refractivity contribution in [2.45, 2.75) is 26.4 Å². The van der Waals surface area contributed by atoms with Gasteiger partial charge in [0.25, 0.3) is 0 Å². The fourth-order valence-electron chi connectivity index (χ4n) is 1.50. The molecule has 0 amide bonds. The number of aromatic nitrogens is 1. The number of rotatable bonds is 4. The van der Waals surface area contributed by atoms with E-state index in [1.807, 2.05) is 31.3 Å². The van der Waals surface area contributed by atoms with E-state index in [4.69, 9.17) is 4.42 Å². The van der Waals surface area contributed by atoms with E-state index in [9.17, 15) is 0 Å². The maximum Gasteiger partial charge on any atom is 0.120 e. The van der Waals surface area contributed by atoms with Gasteiger partial charge in [-0.2, -0.15) is 0 Å². The van der Waals surface area contributed by atoms with Crippen LogP contribution in [0.3, 0.4) is 0 Å². The first kappa shape index (κ1) is 10.9. The number of aryl methyl sites for hydroxylation is 1. The molecule has 0 aliphatic heterocycles. The van der Waals surface area contributed by atoms with Crippen LogP contribution in [0.4, 0.5) is 0 Å². The molecular weight excluding hydrogens is 200 g/mol. The zero-order valence-electron chi connectivity index (χ0n) is 9.60. The predicted molar refractivity (Wildman–Crippen MR) is 62.9 cm³/mol. The summed E-state index contributed by atoms with van der Waals surface area (Å²) >= 11 is 0. The highest BCUT2D eigenvalue weighted by Crippen LogP contribution is 2.12. The van der Waals surface area contributed by atoms with E-state index in [2.05, 4.69) is 23.3 Å². The van der Waals surface area contributed by atoms with Crippen molar-refractivity contribution in [1.82, 2.24) is 10.3 Å². The second-order valence-electron chi connectivity index (χ2n) is 3.94. The molecule has 0 aromatic carbocycles. The summed E-state index contributed by atoms with van der Waals surface area (Å²) in [5, 5.41) is 3.36. The highest BCUT2D eigenvalue weighted by atomic mass is 16.3. The number of nitrogens with one attached hydrogen (secondary N) is 1. The molecule has 0 bridgehead atoms. The quantitative estimate of drug-likeness (QED) is 0.854. The molecule has 0 aliphatic carbocycles.